The van der Waals surface area contributed by atoms with Crippen LogP contribution in [0.25, 0.3) is 0 Å². The maximum atomic E-state index is 12.7. The summed E-state index contributed by atoms with van der Waals surface area (Å²) in [5.74, 6) is 3.65. The first-order valence-corrected chi connectivity index (χ1v) is 8.55. The van der Waals surface area contributed by atoms with Gasteiger partial charge in [-0.2, -0.15) is 0 Å². The Kier molecular flexibility index (Phi) is 3.13. The summed E-state index contributed by atoms with van der Waals surface area (Å²) in [6.45, 7) is 0. The van der Waals surface area contributed by atoms with Crippen LogP contribution in [0, 0.1) is 29.6 Å². The first-order chi connectivity index (χ1) is 9.70. The maximum Gasteiger partial charge on any atom is 0.228 e. The molecule has 1 aromatic rings. The van der Waals surface area contributed by atoms with Crippen molar-refractivity contribution in [2.24, 2.45) is 29.6 Å². The highest BCUT2D eigenvalue weighted by molar-refractivity contribution is 9.10. The number of halogens is 1. The van der Waals surface area contributed by atoms with E-state index in [2.05, 4.69) is 21.2 Å². The Labute approximate surface area is 128 Å². The largest absolute Gasteiger partial charge is 0.325 e. The van der Waals surface area contributed by atoms with E-state index < -0.39 is 0 Å². The van der Waals surface area contributed by atoms with Crippen LogP contribution in [0.1, 0.15) is 32.1 Å². The van der Waals surface area contributed by atoms with Gasteiger partial charge in [-0.3, -0.25) is 4.79 Å². The zero-order valence-electron chi connectivity index (χ0n) is 11.5. The molecule has 0 radical (unpaired) electrons. The van der Waals surface area contributed by atoms with Gasteiger partial charge in [0.1, 0.15) is 0 Å². The first-order valence-electron chi connectivity index (χ1n) is 7.76. The molecule has 0 spiro atoms. The van der Waals surface area contributed by atoms with E-state index in [9.17, 15) is 4.79 Å². The van der Waals surface area contributed by atoms with Gasteiger partial charge < -0.3 is 5.32 Å². The highest BCUT2D eigenvalue weighted by atomic mass is 79.9. The minimum atomic E-state index is 0.255. The number of nitrogens with one attached hydrogen (secondary N) is 1. The average Bonchev–Trinajstić information content (AvgIpc) is 2.40. The number of rotatable bonds is 2. The molecular weight excluding hydrogens is 314 g/mol. The number of anilines is 1. The summed E-state index contributed by atoms with van der Waals surface area (Å²) in [4.78, 5) is 12.7. The second-order valence-electron chi connectivity index (χ2n) is 6.93. The van der Waals surface area contributed by atoms with E-state index in [0.29, 0.717) is 11.8 Å². The molecule has 1 aromatic carbocycles. The monoisotopic (exact) mass is 333 g/mol. The van der Waals surface area contributed by atoms with Crippen molar-refractivity contribution in [2.75, 3.05) is 5.32 Å². The van der Waals surface area contributed by atoms with Crippen LogP contribution in [0.15, 0.2) is 28.7 Å². The van der Waals surface area contributed by atoms with Crippen molar-refractivity contribution in [3.63, 3.8) is 0 Å². The number of carbonyl (C=O) groups excluding carboxylic acids is 1. The minimum absolute atomic E-state index is 0.255. The van der Waals surface area contributed by atoms with Crippen LogP contribution in [0.3, 0.4) is 0 Å². The molecule has 3 heteroatoms. The standard InChI is InChI=1S/C17H20BrNO/c18-14-3-1-2-4-15(14)19-17(20)16-12-6-10-5-11(8-12)9-13(16)7-10/h1-4,10-13,16H,5-9H2,(H,19,20). The SMILES string of the molecule is O=C(Nc1ccccc1Br)C1C2CC3CC(C2)CC1C3. The van der Waals surface area contributed by atoms with Crippen LogP contribution in [0.4, 0.5) is 5.69 Å². The van der Waals surface area contributed by atoms with Crippen LogP contribution in [0.2, 0.25) is 0 Å². The first kappa shape index (κ1) is 12.9. The van der Waals surface area contributed by atoms with E-state index in [1.165, 1.54) is 32.1 Å². The van der Waals surface area contributed by atoms with Crippen LogP contribution in [-0.4, -0.2) is 5.91 Å². The van der Waals surface area contributed by atoms with Gasteiger partial charge in [0.15, 0.2) is 0 Å². The third kappa shape index (κ3) is 2.11. The van der Waals surface area contributed by atoms with Crippen molar-refractivity contribution in [1.29, 1.82) is 0 Å². The number of benzene rings is 1. The van der Waals surface area contributed by atoms with Crippen LogP contribution in [-0.2, 0) is 4.79 Å². The Morgan fingerprint density at radius 1 is 1.00 bits per heavy atom. The summed E-state index contributed by atoms with van der Waals surface area (Å²) in [6.07, 6.45) is 6.61. The molecule has 106 valence electrons. The second-order valence-corrected chi connectivity index (χ2v) is 7.78. The molecule has 4 aliphatic carbocycles. The lowest BCUT2D eigenvalue weighted by atomic mass is 9.51. The van der Waals surface area contributed by atoms with Gasteiger partial charge in [-0.25, -0.2) is 0 Å². The third-order valence-corrected chi connectivity index (χ3v) is 6.35. The van der Waals surface area contributed by atoms with Crippen LogP contribution >= 0.6 is 15.9 Å². The highest BCUT2D eigenvalue weighted by Gasteiger charge is 2.50. The maximum absolute atomic E-state index is 12.7. The highest BCUT2D eigenvalue weighted by Crippen LogP contribution is 2.56. The Morgan fingerprint density at radius 3 is 2.20 bits per heavy atom. The Hall–Kier alpha value is -0.830. The van der Waals surface area contributed by atoms with E-state index >= 15 is 0 Å². The molecule has 0 unspecified atom stereocenters. The third-order valence-electron chi connectivity index (χ3n) is 5.66. The molecule has 4 saturated carbocycles. The topological polar surface area (TPSA) is 29.1 Å². The lowest BCUT2D eigenvalue weighted by Gasteiger charge is -2.53. The molecule has 4 aliphatic rings. The molecule has 0 heterocycles. The average molecular weight is 334 g/mol. The fourth-order valence-electron chi connectivity index (χ4n) is 5.13. The lowest BCUT2D eigenvalue weighted by Crippen LogP contribution is -2.49. The van der Waals surface area contributed by atoms with Gasteiger partial charge in [0, 0.05) is 10.4 Å². The van der Waals surface area contributed by atoms with Crippen molar-refractivity contribution >= 4 is 27.5 Å². The molecule has 0 saturated heterocycles. The van der Waals surface area contributed by atoms with Gasteiger partial charge in [0.25, 0.3) is 0 Å². The number of hydrogen-bond donors (Lipinski definition) is 1. The van der Waals surface area contributed by atoms with Gasteiger partial charge in [-0.1, -0.05) is 12.1 Å². The van der Waals surface area contributed by atoms with E-state index in [0.717, 1.165) is 22.0 Å². The molecule has 2 nitrogen and oxygen atoms in total. The normalized spacial score (nSPS) is 38.0. The van der Waals surface area contributed by atoms with Gasteiger partial charge >= 0.3 is 0 Å². The van der Waals surface area contributed by atoms with Gasteiger partial charge in [0.05, 0.1) is 5.69 Å². The smallest absolute Gasteiger partial charge is 0.228 e. The molecule has 5 rings (SSSR count). The lowest BCUT2D eigenvalue weighted by molar-refractivity contribution is -0.132. The van der Waals surface area contributed by atoms with Gasteiger partial charge in [-0.15, -0.1) is 0 Å². The second kappa shape index (κ2) is 4.87. The fraction of sp³-hybridized carbons (Fsp3) is 0.588. The van der Waals surface area contributed by atoms with Gasteiger partial charge in [-0.05, 0) is 83.8 Å². The number of para-hydroxylation sites is 1. The molecule has 4 bridgehead atoms. The molecule has 0 aliphatic heterocycles. The quantitative estimate of drug-likeness (QED) is 0.850. The van der Waals surface area contributed by atoms with E-state index in [1.807, 2.05) is 24.3 Å². The van der Waals surface area contributed by atoms with E-state index in [4.69, 9.17) is 0 Å². The van der Waals surface area contributed by atoms with Crippen molar-refractivity contribution in [1.82, 2.24) is 0 Å². The molecular formula is C17H20BrNO. The molecule has 1 amide bonds. The zero-order chi connectivity index (χ0) is 13.7. The van der Waals surface area contributed by atoms with Crippen LogP contribution in [0.5, 0.6) is 0 Å². The summed E-state index contributed by atoms with van der Waals surface area (Å²) in [6, 6.07) is 7.89. The molecule has 0 atom stereocenters. The number of carbonyl (C=O) groups is 1. The Balaban J connectivity index is 1.53. The molecule has 1 N–H and O–H groups in total. The number of amides is 1. The summed E-state index contributed by atoms with van der Waals surface area (Å²) in [7, 11) is 0. The van der Waals surface area contributed by atoms with Crippen molar-refractivity contribution < 1.29 is 4.79 Å². The summed E-state index contributed by atoms with van der Waals surface area (Å²) >= 11 is 3.51. The predicted molar refractivity (Wildman–Crippen MR) is 83.3 cm³/mol. The summed E-state index contributed by atoms with van der Waals surface area (Å²) < 4.78 is 0.970. The Morgan fingerprint density at radius 2 is 1.60 bits per heavy atom. The molecule has 0 aromatic heterocycles. The number of hydrogen-bond acceptors (Lipinski definition) is 1. The van der Waals surface area contributed by atoms with Crippen molar-refractivity contribution in [2.45, 2.75) is 32.1 Å². The Bertz CT molecular complexity index is 514. The molecule has 20 heavy (non-hydrogen) atoms. The van der Waals surface area contributed by atoms with E-state index in [-0.39, 0.29) is 11.8 Å². The summed E-state index contributed by atoms with van der Waals surface area (Å²) in [5.41, 5.74) is 0.909. The molecule has 4 fully saturated rings. The van der Waals surface area contributed by atoms with Crippen molar-refractivity contribution in [3.8, 4) is 0 Å². The van der Waals surface area contributed by atoms with Gasteiger partial charge in [0.2, 0.25) is 5.91 Å². The zero-order valence-corrected chi connectivity index (χ0v) is 13.1. The summed E-state index contributed by atoms with van der Waals surface area (Å²) in [5, 5.41) is 3.15. The van der Waals surface area contributed by atoms with Crippen LogP contribution < -0.4 is 5.32 Å². The van der Waals surface area contributed by atoms with E-state index in [1.54, 1.807) is 0 Å². The minimum Gasteiger partial charge on any atom is -0.325 e. The fourth-order valence-corrected chi connectivity index (χ4v) is 5.52. The van der Waals surface area contributed by atoms with Crippen molar-refractivity contribution in [3.05, 3.63) is 28.7 Å². The predicted octanol–water partition coefficient (Wildman–Crippen LogP) is 4.46.